The SMILES string of the molecule is C=C/C=C(\C=C/C)C1C=C(c2ccccc2)C=C(c2ccccc2)N1. The van der Waals surface area contributed by atoms with E-state index in [1.165, 1.54) is 22.3 Å². The summed E-state index contributed by atoms with van der Waals surface area (Å²) in [6.45, 7) is 5.90. The average molecular weight is 325 g/mol. The maximum absolute atomic E-state index is 3.86. The lowest BCUT2D eigenvalue weighted by Crippen LogP contribution is -2.30. The fourth-order valence-electron chi connectivity index (χ4n) is 3.00. The lowest BCUT2D eigenvalue weighted by atomic mass is 9.93. The molecule has 1 N–H and O–H groups in total. The highest BCUT2D eigenvalue weighted by atomic mass is 14.9. The first-order valence-electron chi connectivity index (χ1n) is 8.58. The zero-order valence-corrected chi connectivity index (χ0v) is 14.5. The molecule has 0 saturated carbocycles. The number of allylic oxidation sites excluding steroid dienone is 5. The van der Waals surface area contributed by atoms with Gasteiger partial charge in [-0.05, 0) is 41.3 Å². The molecule has 0 amide bonds. The van der Waals surface area contributed by atoms with E-state index in [0.717, 1.165) is 5.70 Å². The summed E-state index contributed by atoms with van der Waals surface area (Å²) >= 11 is 0. The monoisotopic (exact) mass is 325 g/mol. The Morgan fingerprint density at radius 2 is 1.60 bits per heavy atom. The smallest absolute Gasteiger partial charge is 0.0707 e. The zero-order chi connectivity index (χ0) is 17.5. The van der Waals surface area contributed by atoms with Gasteiger partial charge in [0.1, 0.15) is 0 Å². The third kappa shape index (κ3) is 4.07. The minimum absolute atomic E-state index is 0.101. The predicted molar refractivity (Wildman–Crippen MR) is 109 cm³/mol. The van der Waals surface area contributed by atoms with E-state index in [1.807, 2.05) is 25.1 Å². The lowest BCUT2D eigenvalue weighted by molar-refractivity contribution is 0.822. The van der Waals surface area contributed by atoms with Crippen LogP contribution in [0.5, 0.6) is 0 Å². The van der Waals surface area contributed by atoms with Gasteiger partial charge in [-0.3, -0.25) is 0 Å². The molecule has 2 aromatic carbocycles. The largest absolute Gasteiger partial charge is 0.374 e. The molecule has 3 rings (SSSR count). The number of benzene rings is 2. The molecule has 1 atom stereocenters. The highest BCUT2D eigenvalue weighted by molar-refractivity contribution is 5.86. The molecule has 0 aliphatic carbocycles. The second-order valence-electron chi connectivity index (χ2n) is 5.94. The normalized spacial score (nSPS) is 17.6. The summed E-state index contributed by atoms with van der Waals surface area (Å²) in [5.41, 5.74) is 5.95. The number of rotatable bonds is 5. The summed E-state index contributed by atoms with van der Waals surface area (Å²) in [6, 6.07) is 21.1. The molecular formula is C24H23N. The van der Waals surface area contributed by atoms with Crippen molar-refractivity contribution in [1.29, 1.82) is 0 Å². The molecule has 0 spiro atoms. The van der Waals surface area contributed by atoms with Crippen LogP contribution in [0.4, 0.5) is 0 Å². The lowest BCUT2D eigenvalue weighted by Gasteiger charge is -2.26. The Morgan fingerprint density at radius 1 is 0.960 bits per heavy atom. The van der Waals surface area contributed by atoms with Crippen LogP contribution in [0.2, 0.25) is 0 Å². The average Bonchev–Trinajstić information content (AvgIpc) is 2.69. The van der Waals surface area contributed by atoms with Crippen molar-refractivity contribution in [2.45, 2.75) is 13.0 Å². The van der Waals surface area contributed by atoms with Crippen LogP contribution >= 0.6 is 0 Å². The number of hydrogen-bond donors (Lipinski definition) is 1. The molecule has 0 saturated heterocycles. The third-order valence-electron chi connectivity index (χ3n) is 4.18. The second kappa shape index (κ2) is 8.16. The highest BCUT2D eigenvalue weighted by Gasteiger charge is 2.18. The Balaban J connectivity index is 2.07. The van der Waals surface area contributed by atoms with E-state index in [-0.39, 0.29) is 6.04 Å². The van der Waals surface area contributed by atoms with E-state index in [2.05, 4.69) is 90.8 Å². The molecule has 25 heavy (non-hydrogen) atoms. The predicted octanol–water partition coefficient (Wildman–Crippen LogP) is 5.77. The van der Waals surface area contributed by atoms with E-state index in [9.17, 15) is 0 Å². The molecule has 0 fully saturated rings. The van der Waals surface area contributed by atoms with Crippen LogP contribution in [0, 0.1) is 0 Å². The fraction of sp³-hybridized carbons (Fsp3) is 0.0833. The van der Waals surface area contributed by atoms with Crippen molar-refractivity contribution >= 4 is 11.3 Å². The van der Waals surface area contributed by atoms with Gasteiger partial charge in [0, 0.05) is 5.70 Å². The van der Waals surface area contributed by atoms with E-state index in [1.54, 1.807) is 0 Å². The molecule has 2 aromatic rings. The molecule has 124 valence electrons. The van der Waals surface area contributed by atoms with Gasteiger partial charge in [0.2, 0.25) is 0 Å². The molecule has 1 heterocycles. The molecule has 1 nitrogen and oxygen atoms in total. The molecule has 1 aliphatic heterocycles. The molecule has 0 bridgehead atoms. The van der Waals surface area contributed by atoms with Crippen LogP contribution in [0.15, 0.2) is 109 Å². The summed E-state index contributed by atoms with van der Waals surface area (Å²) < 4.78 is 0. The first-order chi connectivity index (χ1) is 12.3. The highest BCUT2D eigenvalue weighted by Crippen LogP contribution is 2.28. The summed E-state index contributed by atoms with van der Waals surface area (Å²) in [7, 11) is 0. The standard InChI is InChI=1S/C24H23N/c1-3-11-20(12-4-2)23-17-22(19-13-7-5-8-14-19)18-24(25-23)21-15-9-6-10-16-21/h3-18,23,25H,1H2,2H3/b12-4-,20-11+. The van der Waals surface area contributed by atoms with Gasteiger partial charge in [-0.1, -0.05) is 91.5 Å². The van der Waals surface area contributed by atoms with Crippen LogP contribution in [0.25, 0.3) is 11.3 Å². The van der Waals surface area contributed by atoms with Crippen molar-refractivity contribution in [3.8, 4) is 0 Å². The summed E-state index contributed by atoms with van der Waals surface area (Å²) in [5, 5.41) is 3.66. The van der Waals surface area contributed by atoms with Gasteiger partial charge >= 0.3 is 0 Å². The van der Waals surface area contributed by atoms with E-state index in [4.69, 9.17) is 0 Å². The molecule has 0 radical (unpaired) electrons. The van der Waals surface area contributed by atoms with Gasteiger partial charge < -0.3 is 5.32 Å². The van der Waals surface area contributed by atoms with Crippen LogP contribution in [-0.2, 0) is 0 Å². The zero-order valence-electron chi connectivity index (χ0n) is 14.5. The Hall–Kier alpha value is -3.06. The minimum Gasteiger partial charge on any atom is -0.374 e. The molecular weight excluding hydrogens is 302 g/mol. The van der Waals surface area contributed by atoms with Crippen molar-refractivity contribution in [3.63, 3.8) is 0 Å². The maximum atomic E-state index is 3.86. The Labute approximate surface area is 150 Å². The second-order valence-corrected chi connectivity index (χ2v) is 5.94. The van der Waals surface area contributed by atoms with Gasteiger partial charge in [-0.15, -0.1) is 0 Å². The van der Waals surface area contributed by atoms with E-state index < -0.39 is 0 Å². The van der Waals surface area contributed by atoms with Gasteiger partial charge in [-0.2, -0.15) is 0 Å². The first-order valence-corrected chi connectivity index (χ1v) is 8.58. The van der Waals surface area contributed by atoms with Crippen molar-refractivity contribution < 1.29 is 0 Å². The van der Waals surface area contributed by atoms with Crippen molar-refractivity contribution in [2.75, 3.05) is 0 Å². The quantitative estimate of drug-likeness (QED) is 0.688. The van der Waals surface area contributed by atoms with Gasteiger partial charge in [0.15, 0.2) is 0 Å². The van der Waals surface area contributed by atoms with Crippen molar-refractivity contribution in [3.05, 3.63) is 120 Å². The number of nitrogens with one attached hydrogen (secondary N) is 1. The van der Waals surface area contributed by atoms with Gasteiger partial charge in [-0.25, -0.2) is 0 Å². The summed E-state index contributed by atoms with van der Waals surface area (Å²) in [6.07, 6.45) is 12.6. The molecule has 0 aromatic heterocycles. The number of dihydropyridines is 1. The summed E-state index contributed by atoms with van der Waals surface area (Å²) in [4.78, 5) is 0. The first kappa shape index (κ1) is 16.8. The van der Waals surface area contributed by atoms with E-state index in [0.29, 0.717) is 0 Å². The maximum Gasteiger partial charge on any atom is 0.0707 e. The Bertz CT molecular complexity index is 836. The minimum atomic E-state index is 0.101. The van der Waals surface area contributed by atoms with Crippen LogP contribution in [0.1, 0.15) is 18.1 Å². The summed E-state index contributed by atoms with van der Waals surface area (Å²) in [5.74, 6) is 0. The van der Waals surface area contributed by atoms with Crippen molar-refractivity contribution in [2.24, 2.45) is 0 Å². The third-order valence-corrected chi connectivity index (χ3v) is 4.18. The fourth-order valence-corrected chi connectivity index (χ4v) is 3.00. The number of hydrogen-bond acceptors (Lipinski definition) is 1. The van der Waals surface area contributed by atoms with Crippen LogP contribution in [-0.4, -0.2) is 6.04 Å². The molecule has 1 unspecified atom stereocenters. The van der Waals surface area contributed by atoms with Crippen molar-refractivity contribution in [1.82, 2.24) is 5.32 Å². The Kier molecular flexibility index (Phi) is 5.48. The van der Waals surface area contributed by atoms with Gasteiger partial charge in [0.05, 0.1) is 6.04 Å². The van der Waals surface area contributed by atoms with Crippen LogP contribution in [0.3, 0.4) is 0 Å². The van der Waals surface area contributed by atoms with Crippen LogP contribution < -0.4 is 5.32 Å². The van der Waals surface area contributed by atoms with E-state index >= 15 is 0 Å². The topological polar surface area (TPSA) is 12.0 Å². The molecule has 1 aliphatic rings. The Morgan fingerprint density at radius 3 is 2.20 bits per heavy atom. The molecule has 1 heteroatoms. The van der Waals surface area contributed by atoms with Gasteiger partial charge in [0.25, 0.3) is 0 Å².